The van der Waals surface area contributed by atoms with Gasteiger partial charge in [0, 0.05) is 25.3 Å². The van der Waals surface area contributed by atoms with Crippen LogP contribution in [0.5, 0.6) is 0 Å². The summed E-state index contributed by atoms with van der Waals surface area (Å²) in [4.78, 5) is 34.7. The van der Waals surface area contributed by atoms with Gasteiger partial charge in [-0.3, -0.25) is 9.36 Å². The average molecular weight is 510 g/mol. The number of hydrogen-bond donors (Lipinski definition) is 0. The summed E-state index contributed by atoms with van der Waals surface area (Å²) in [6.45, 7) is 1.99. The number of thiazole rings is 1. The maximum atomic E-state index is 13.8. The Balaban J connectivity index is 1.77. The summed E-state index contributed by atoms with van der Waals surface area (Å²) in [5.41, 5.74) is 4.29. The lowest BCUT2D eigenvalue weighted by Gasteiger charge is -2.25. The Kier molecular flexibility index (Phi) is 6.88. The smallest absolute Gasteiger partial charge is 0.338 e. The number of rotatable bonds is 6. The average Bonchev–Trinajstić information content (AvgIpc) is 3.23. The molecule has 2 heterocycles. The number of carbonyl (C=O) groups is 1. The largest absolute Gasteiger partial charge is 0.463 e. The fourth-order valence-electron chi connectivity index (χ4n) is 4.41. The second-order valence-electron chi connectivity index (χ2n) is 8.83. The lowest BCUT2D eigenvalue weighted by Crippen LogP contribution is -2.39. The van der Waals surface area contributed by atoms with Gasteiger partial charge in [-0.1, -0.05) is 84.1 Å². The molecular formula is C30H27N3O3S. The Morgan fingerprint density at radius 2 is 1.65 bits per heavy atom. The molecule has 0 aliphatic carbocycles. The monoisotopic (exact) mass is 509 g/mol. The van der Waals surface area contributed by atoms with E-state index in [1.165, 1.54) is 11.3 Å². The van der Waals surface area contributed by atoms with E-state index in [2.05, 4.69) is 0 Å². The third kappa shape index (κ3) is 4.78. The number of anilines is 1. The third-order valence-corrected chi connectivity index (χ3v) is 7.18. The van der Waals surface area contributed by atoms with Crippen molar-refractivity contribution in [3.8, 4) is 0 Å². The normalized spacial score (nSPS) is 15.2. The minimum atomic E-state index is -0.662. The van der Waals surface area contributed by atoms with Crippen LogP contribution in [0.3, 0.4) is 0 Å². The molecule has 3 aromatic carbocycles. The lowest BCUT2D eigenvalue weighted by atomic mass is 9.93. The third-order valence-electron chi connectivity index (χ3n) is 6.20. The first-order valence-corrected chi connectivity index (χ1v) is 12.9. The van der Waals surface area contributed by atoms with Crippen molar-refractivity contribution in [3.63, 3.8) is 0 Å². The summed E-state index contributed by atoms with van der Waals surface area (Å²) in [7, 11) is 3.98. The standard InChI is InChI=1S/C30H27N3O3S/c1-4-36-29(35)25-26(21-11-7-5-8-12-21)31-30-33(27(25)22-13-9-6-10-14-22)28(34)24(37-30)19-20-15-17-23(18-16-20)32(2)3/h5-19,27H,4H2,1-3H3. The number of nitrogens with zero attached hydrogens (tertiary/aromatic N) is 3. The van der Waals surface area contributed by atoms with Crippen LogP contribution in [0.4, 0.5) is 5.69 Å². The minimum Gasteiger partial charge on any atom is -0.463 e. The number of esters is 1. The van der Waals surface area contributed by atoms with Crippen LogP contribution in [0.1, 0.15) is 29.7 Å². The Hall–Kier alpha value is -4.23. The lowest BCUT2D eigenvalue weighted by molar-refractivity contribution is -0.138. The Labute approximate surface area is 219 Å². The van der Waals surface area contributed by atoms with Crippen molar-refractivity contribution in [3.05, 3.63) is 127 Å². The predicted octanol–water partition coefficient (Wildman–Crippen LogP) is 4.00. The summed E-state index contributed by atoms with van der Waals surface area (Å²) in [6, 6.07) is 26.5. The van der Waals surface area contributed by atoms with Crippen LogP contribution in [0.15, 0.2) is 100 Å². The van der Waals surface area contributed by atoms with Crippen molar-refractivity contribution < 1.29 is 9.53 Å². The first kappa shape index (κ1) is 24.5. The summed E-state index contributed by atoms with van der Waals surface area (Å²) < 4.78 is 7.67. The highest BCUT2D eigenvalue weighted by molar-refractivity contribution is 7.07. The second-order valence-corrected chi connectivity index (χ2v) is 9.84. The molecule has 37 heavy (non-hydrogen) atoms. The summed E-state index contributed by atoms with van der Waals surface area (Å²) in [6.07, 6.45) is 1.88. The first-order valence-electron chi connectivity index (χ1n) is 12.1. The van der Waals surface area contributed by atoms with Gasteiger partial charge in [-0.2, -0.15) is 0 Å². The molecule has 1 atom stereocenters. The Morgan fingerprint density at radius 1 is 1.00 bits per heavy atom. The van der Waals surface area contributed by atoms with Crippen LogP contribution in [0, 0.1) is 0 Å². The van der Waals surface area contributed by atoms with Gasteiger partial charge < -0.3 is 9.64 Å². The van der Waals surface area contributed by atoms with Gasteiger partial charge in [0.25, 0.3) is 5.56 Å². The summed E-state index contributed by atoms with van der Waals surface area (Å²) >= 11 is 1.32. The molecule has 1 aliphatic heterocycles. The summed E-state index contributed by atoms with van der Waals surface area (Å²) in [5.74, 6) is -0.479. The van der Waals surface area contributed by atoms with Crippen LogP contribution in [0.2, 0.25) is 0 Å². The molecule has 0 spiro atoms. The predicted molar refractivity (Wildman–Crippen MR) is 148 cm³/mol. The highest BCUT2D eigenvalue weighted by Gasteiger charge is 2.35. The van der Waals surface area contributed by atoms with E-state index in [1.807, 2.05) is 110 Å². The van der Waals surface area contributed by atoms with Crippen molar-refractivity contribution in [1.82, 2.24) is 4.57 Å². The molecule has 0 saturated carbocycles. The number of aromatic nitrogens is 1. The van der Waals surface area contributed by atoms with Gasteiger partial charge in [-0.05, 0) is 36.3 Å². The molecule has 1 aliphatic rings. The van der Waals surface area contributed by atoms with E-state index in [1.54, 1.807) is 11.5 Å². The molecule has 1 aromatic heterocycles. The van der Waals surface area contributed by atoms with Crippen molar-refractivity contribution >= 4 is 34.8 Å². The minimum absolute atomic E-state index is 0.191. The molecule has 0 N–H and O–H groups in total. The zero-order valence-corrected chi connectivity index (χ0v) is 21.7. The molecule has 6 nitrogen and oxygen atoms in total. The molecule has 0 radical (unpaired) electrons. The zero-order valence-electron chi connectivity index (χ0n) is 20.9. The van der Waals surface area contributed by atoms with Crippen molar-refractivity contribution in [1.29, 1.82) is 0 Å². The van der Waals surface area contributed by atoms with Crippen molar-refractivity contribution in [2.75, 3.05) is 25.6 Å². The molecule has 0 bridgehead atoms. The van der Waals surface area contributed by atoms with Crippen molar-refractivity contribution in [2.45, 2.75) is 13.0 Å². The Bertz CT molecular complexity index is 1630. The van der Waals surface area contributed by atoms with Crippen LogP contribution in [0.25, 0.3) is 11.8 Å². The van der Waals surface area contributed by atoms with Gasteiger partial charge in [0.1, 0.15) is 0 Å². The number of ether oxygens (including phenoxy) is 1. The highest BCUT2D eigenvalue weighted by atomic mass is 32.1. The summed E-state index contributed by atoms with van der Waals surface area (Å²) in [5, 5.41) is 0. The van der Waals surface area contributed by atoms with Gasteiger partial charge in [0.05, 0.1) is 28.5 Å². The van der Waals surface area contributed by atoms with E-state index in [0.29, 0.717) is 20.6 Å². The highest BCUT2D eigenvalue weighted by Crippen LogP contribution is 2.35. The van der Waals surface area contributed by atoms with Crippen LogP contribution in [-0.4, -0.2) is 31.2 Å². The number of hydrogen-bond acceptors (Lipinski definition) is 6. The van der Waals surface area contributed by atoms with E-state index >= 15 is 0 Å². The molecular weight excluding hydrogens is 482 g/mol. The topological polar surface area (TPSA) is 63.9 Å². The maximum absolute atomic E-state index is 13.8. The zero-order chi connectivity index (χ0) is 25.9. The molecule has 5 rings (SSSR count). The van der Waals surface area contributed by atoms with E-state index in [4.69, 9.17) is 9.73 Å². The van der Waals surface area contributed by atoms with E-state index in [-0.39, 0.29) is 12.2 Å². The van der Waals surface area contributed by atoms with Gasteiger partial charge in [-0.15, -0.1) is 0 Å². The molecule has 4 aromatic rings. The second kappa shape index (κ2) is 10.4. The van der Waals surface area contributed by atoms with Gasteiger partial charge in [0.2, 0.25) is 0 Å². The van der Waals surface area contributed by atoms with E-state index in [9.17, 15) is 9.59 Å². The van der Waals surface area contributed by atoms with Crippen LogP contribution < -0.4 is 19.8 Å². The first-order chi connectivity index (χ1) is 18.0. The molecule has 7 heteroatoms. The van der Waals surface area contributed by atoms with Crippen molar-refractivity contribution in [2.24, 2.45) is 4.99 Å². The van der Waals surface area contributed by atoms with E-state index in [0.717, 1.165) is 22.4 Å². The number of benzene rings is 3. The van der Waals surface area contributed by atoms with E-state index < -0.39 is 12.0 Å². The number of fused-ring (bicyclic) bond motifs is 1. The van der Waals surface area contributed by atoms with Crippen LogP contribution in [-0.2, 0) is 9.53 Å². The molecule has 0 fully saturated rings. The quantitative estimate of drug-likeness (QED) is 0.369. The van der Waals surface area contributed by atoms with Gasteiger partial charge in [-0.25, -0.2) is 9.79 Å². The SMILES string of the molecule is CCOC(=O)C1=C(c2ccccc2)N=c2sc(=Cc3ccc(N(C)C)cc3)c(=O)n2C1c1ccccc1. The fourth-order valence-corrected chi connectivity index (χ4v) is 5.41. The maximum Gasteiger partial charge on any atom is 0.338 e. The fraction of sp³-hybridized carbons (Fsp3) is 0.167. The van der Waals surface area contributed by atoms with Crippen LogP contribution >= 0.6 is 11.3 Å². The molecule has 186 valence electrons. The Morgan fingerprint density at radius 3 is 2.27 bits per heavy atom. The van der Waals surface area contributed by atoms with Gasteiger partial charge >= 0.3 is 5.97 Å². The molecule has 1 unspecified atom stereocenters. The molecule has 0 amide bonds. The number of carbonyl (C=O) groups excluding carboxylic acids is 1. The van der Waals surface area contributed by atoms with Gasteiger partial charge in [0.15, 0.2) is 4.80 Å². The molecule has 0 saturated heterocycles.